The number of hydrogen-bond donors (Lipinski definition) is 0. The molecule has 0 atom stereocenters. The molecule has 6 heteroatoms. The van der Waals surface area contributed by atoms with Crippen LogP contribution in [0.25, 0.3) is 0 Å². The summed E-state index contributed by atoms with van der Waals surface area (Å²) in [5, 5.41) is 8.60. The first-order valence-electron chi connectivity index (χ1n) is 7.27. The van der Waals surface area contributed by atoms with E-state index in [4.69, 9.17) is 0 Å². The first-order chi connectivity index (χ1) is 10.0. The Labute approximate surface area is 125 Å². The molecule has 0 spiro atoms. The molecule has 0 aliphatic heterocycles. The zero-order valence-corrected chi connectivity index (χ0v) is 13.2. The van der Waals surface area contributed by atoms with Crippen molar-refractivity contribution in [2.24, 2.45) is 0 Å². The van der Waals surface area contributed by atoms with Crippen molar-refractivity contribution in [2.75, 3.05) is 7.05 Å². The predicted molar refractivity (Wildman–Crippen MR) is 80.7 cm³/mol. The van der Waals surface area contributed by atoms with Gasteiger partial charge in [-0.05, 0) is 32.9 Å². The third kappa shape index (κ3) is 3.71. The van der Waals surface area contributed by atoms with E-state index >= 15 is 0 Å². The van der Waals surface area contributed by atoms with Crippen molar-refractivity contribution in [3.63, 3.8) is 0 Å². The van der Waals surface area contributed by atoms with Crippen LogP contribution in [-0.4, -0.2) is 37.4 Å². The number of aromatic nitrogens is 4. The van der Waals surface area contributed by atoms with Gasteiger partial charge in [-0.1, -0.05) is 0 Å². The molecule has 0 aliphatic carbocycles. The van der Waals surface area contributed by atoms with Gasteiger partial charge in [-0.25, -0.2) is 0 Å². The second-order valence-electron chi connectivity index (χ2n) is 5.29. The average Bonchev–Trinajstić information content (AvgIpc) is 3.02. The van der Waals surface area contributed by atoms with Gasteiger partial charge in [0, 0.05) is 38.4 Å². The lowest BCUT2D eigenvalue weighted by atomic mass is 10.3. The van der Waals surface area contributed by atoms with Crippen LogP contribution < -0.4 is 0 Å². The van der Waals surface area contributed by atoms with Crippen molar-refractivity contribution >= 4 is 5.91 Å². The lowest BCUT2D eigenvalue weighted by Crippen LogP contribution is -2.28. The highest BCUT2D eigenvalue weighted by atomic mass is 16.2. The van der Waals surface area contributed by atoms with E-state index in [1.54, 1.807) is 11.1 Å². The van der Waals surface area contributed by atoms with E-state index in [2.05, 4.69) is 10.2 Å². The molecule has 0 fully saturated rings. The third-order valence-corrected chi connectivity index (χ3v) is 3.57. The highest BCUT2D eigenvalue weighted by Gasteiger charge is 2.12. The molecule has 0 aromatic carbocycles. The number of amides is 1. The zero-order chi connectivity index (χ0) is 15.4. The molecular formula is C15H23N5O. The molecule has 0 unspecified atom stereocenters. The number of carbonyl (C=O) groups is 1. The fraction of sp³-hybridized carbons (Fsp3) is 0.533. The highest BCUT2D eigenvalue weighted by Crippen LogP contribution is 2.07. The van der Waals surface area contributed by atoms with Crippen LogP contribution in [0.2, 0.25) is 0 Å². The monoisotopic (exact) mass is 289 g/mol. The molecular weight excluding hydrogens is 266 g/mol. The van der Waals surface area contributed by atoms with Gasteiger partial charge in [0.25, 0.3) is 0 Å². The van der Waals surface area contributed by atoms with Gasteiger partial charge in [-0.2, -0.15) is 10.2 Å². The smallest absolute Gasteiger partial charge is 0.224 e. The maximum absolute atomic E-state index is 12.2. The van der Waals surface area contributed by atoms with Gasteiger partial charge in [-0.15, -0.1) is 0 Å². The van der Waals surface area contributed by atoms with Crippen LogP contribution in [0.15, 0.2) is 18.3 Å². The molecule has 0 aliphatic rings. The number of hydrogen-bond acceptors (Lipinski definition) is 3. The summed E-state index contributed by atoms with van der Waals surface area (Å²) in [6, 6.07) is 3.97. The molecule has 2 aromatic rings. The molecule has 0 radical (unpaired) electrons. The SMILES string of the molecule is CCn1nccc1CN(C)C(=O)CCn1nc(C)cc1C. The maximum atomic E-state index is 12.2. The van der Waals surface area contributed by atoms with E-state index in [9.17, 15) is 4.79 Å². The van der Waals surface area contributed by atoms with Crippen molar-refractivity contribution in [1.82, 2.24) is 24.5 Å². The molecule has 0 N–H and O–H groups in total. The Balaban J connectivity index is 1.89. The van der Waals surface area contributed by atoms with Gasteiger partial charge in [0.1, 0.15) is 0 Å². The molecule has 2 heterocycles. The lowest BCUT2D eigenvalue weighted by Gasteiger charge is -2.18. The fourth-order valence-electron chi connectivity index (χ4n) is 2.40. The van der Waals surface area contributed by atoms with Crippen LogP contribution in [0, 0.1) is 13.8 Å². The van der Waals surface area contributed by atoms with Gasteiger partial charge in [0.15, 0.2) is 0 Å². The number of rotatable bonds is 6. The Morgan fingerprint density at radius 2 is 2.10 bits per heavy atom. The van der Waals surface area contributed by atoms with Crippen molar-refractivity contribution in [3.8, 4) is 0 Å². The minimum Gasteiger partial charge on any atom is -0.340 e. The molecule has 0 saturated carbocycles. The normalized spacial score (nSPS) is 10.9. The highest BCUT2D eigenvalue weighted by molar-refractivity contribution is 5.75. The first-order valence-corrected chi connectivity index (χ1v) is 7.27. The Morgan fingerprint density at radius 1 is 1.33 bits per heavy atom. The van der Waals surface area contributed by atoms with Crippen LogP contribution in [0.4, 0.5) is 0 Å². The van der Waals surface area contributed by atoms with Crippen molar-refractivity contribution in [3.05, 3.63) is 35.4 Å². The van der Waals surface area contributed by atoms with Crippen LogP contribution in [-0.2, 0) is 24.4 Å². The second-order valence-corrected chi connectivity index (χ2v) is 5.29. The van der Waals surface area contributed by atoms with E-state index in [1.807, 2.05) is 49.3 Å². The molecule has 0 saturated heterocycles. The molecule has 6 nitrogen and oxygen atoms in total. The van der Waals surface area contributed by atoms with Gasteiger partial charge < -0.3 is 4.90 Å². The lowest BCUT2D eigenvalue weighted by molar-refractivity contribution is -0.130. The third-order valence-electron chi connectivity index (χ3n) is 3.57. The summed E-state index contributed by atoms with van der Waals surface area (Å²) in [5.74, 6) is 0.117. The van der Waals surface area contributed by atoms with Crippen molar-refractivity contribution in [1.29, 1.82) is 0 Å². The standard InChI is InChI=1S/C15H23N5O/c1-5-19-14(6-8-16-19)11-18(4)15(21)7-9-20-13(3)10-12(2)17-20/h6,8,10H,5,7,9,11H2,1-4H3. The average molecular weight is 289 g/mol. The molecule has 0 bridgehead atoms. The van der Waals surface area contributed by atoms with E-state index in [0.717, 1.165) is 23.6 Å². The van der Waals surface area contributed by atoms with E-state index in [0.29, 0.717) is 19.5 Å². The first kappa shape index (κ1) is 15.3. The Bertz CT molecular complexity index is 613. The predicted octanol–water partition coefficient (Wildman–Crippen LogP) is 1.77. The molecule has 2 aromatic heterocycles. The topological polar surface area (TPSA) is 56.0 Å². The van der Waals surface area contributed by atoms with Crippen LogP contribution in [0.5, 0.6) is 0 Å². The van der Waals surface area contributed by atoms with Crippen LogP contribution in [0.3, 0.4) is 0 Å². The molecule has 2 rings (SSSR count). The van der Waals surface area contributed by atoms with Crippen LogP contribution >= 0.6 is 0 Å². The summed E-state index contributed by atoms with van der Waals surface area (Å²) in [5.41, 5.74) is 3.13. The maximum Gasteiger partial charge on any atom is 0.224 e. The van der Waals surface area contributed by atoms with E-state index in [1.165, 1.54) is 0 Å². The summed E-state index contributed by atoms with van der Waals surface area (Å²) in [6.45, 7) is 8.04. The van der Waals surface area contributed by atoms with Crippen molar-refractivity contribution in [2.45, 2.75) is 46.8 Å². The molecule has 1 amide bonds. The number of aryl methyl sites for hydroxylation is 4. The number of carbonyl (C=O) groups excluding carboxylic acids is 1. The summed E-state index contributed by atoms with van der Waals surface area (Å²) in [6.07, 6.45) is 2.23. The summed E-state index contributed by atoms with van der Waals surface area (Å²) in [7, 11) is 1.83. The zero-order valence-electron chi connectivity index (χ0n) is 13.2. The quantitative estimate of drug-likeness (QED) is 0.814. The fourth-order valence-corrected chi connectivity index (χ4v) is 2.40. The minimum absolute atomic E-state index is 0.117. The van der Waals surface area contributed by atoms with E-state index < -0.39 is 0 Å². The number of nitrogens with zero attached hydrogens (tertiary/aromatic N) is 5. The summed E-state index contributed by atoms with van der Waals surface area (Å²) < 4.78 is 3.79. The largest absolute Gasteiger partial charge is 0.340 e. The van der Waals surface area contributed by atoms with Crippen molar-refractivity contribution < 1.29 is 4.79 Å². The second kappa shape index (κ2) is 6.56. The molecule has 21 heavy (non-hydrogen) atoms. The summed E-state index contributed by atoms with van der Waals surface area (Å²) in [4.78, 5) is 14.0. The Hall–Kier alpha value is -2.11. The Morgan fingerprint density at radius 3 is 2.71 bits per heavy atom. The van der Waals surface area contributed by atoms with Crippen LogP contribution in [0.1, 0.15) is 30.4 Å². The minimum atomic E-state index is 0.117. The molecule has 114 valence electrons. The van der Waals surface area contributed by atoms with Gasteiger partial charge >= 0.3 is 0 Å². The van der Waals surface area contributed by atoms with Gasteiger partial charge in [-0.3, -0.25) is 14.2 Å². The van der Waals surface area contributed by atoms with Gasteiger partial charge in [0.05, 0.1) is 17.9 Å². The van der Waals surface area contributed by atoms with Gasteiger partial charge in [0.2, 0.25) is 5.91 Å². The van der Waals surface area contributed by atoms with E-state index in [-0.39, 0.29) is 5.91 Å². The summed E-state index contributed by atoms with van der Waals surface area (Å²) >= 11 is 0. The Kier molecular flexibility index (Phi) is 4.77.